The van der Waals surface area contributed by atoms with Crippen LogP contribution >= 0.6 is 0 Å². The molecular weight excluding hydrogens is 419 g/mol. The quantitative estimate of drug-likeness (QED) is 0.602. The highest BCUT2D eigenvalue weighted by atomic mass is 32.2. The minimum atomic E-state index is -3.81. The molecule has 1 aromatic carbocycles. The monoisotopic (exact) mass is 444 g/mol. The number of sulfonamides is 1. The molecule has 10 heteroatoms. The molecule has 1 saturated heterocycles. The molecule has 1 atom stereocenters. The topological polar surface area (TPSA) is 84.2 Å². The maximum Gasteiger partial charge on any atom is 0.262 e. The normalized spacial score (nSPS) is 17.6. The summed E-state index contributed by atoms with van der Waals surface area (Å²) in [5, 5.41) is 0.0205. The first-order chi connectivity index (χ1) is 14.8. The van der Waals surface area contributed by atoms with Gasteiger partial charge in [0.05, 0.1) is 18.1 Å². The van der Waals surface area contributed by atoms with Crippen molar-refractivity contribution in [2.45, 2.75) is 30.3 Å². The van der Waals surface area contributed by atoms with E-state index in [1.54, 1.807) is 34.8 Å². The lowest BCUT2D eigenvalue weighted by Gasteiger charge is -2.34. The molecule has 1 fully saturated rings. The van der Waals surface area contributed by atoms with Crippen LogP contribution in [0.3, 0.4) is 0 Å². The van der Waals surface area contributed by atoms with E-state index in [9.17, 15) is 12.8 Å². The summed E-state index contributed by atoms with van der Waals surface area (Å²) in [5.74, 6) is 0.148. The van der Waals surface area contributed by atoms with Gasteiger partial charge in [-0.1, -0.05) is 18.6 Å². The summed E-state index contributed by atoms with van der Waals surface area (Å²) in [4.78, 5) is 15.0. The summed E-state index contributed by atoms with van der Waals surface area (Å²) in [6.45, 7) is 0.383. The van der Waals surface area contributed by atoms with Gasteiger partial charge in [0.15, 0.2) is 5.03 Å². The first-order valence-corrected chi connectivity index (χ1v) is 11.5. The van der Waals surface area contributed by atoms with Crippen LogP contribution in [0.15, 0.2) is 48.0 Å². The second kappa shape index (κ2) is 8.35. The predicted molar refractivity (Wildman–Crippen MR) is 115 cm³/mol. The van der Waals surface area contributed by atoms with Crippen LogP contribution in [0.5, 0.6) is 0 Å². The SMILES string of the molecule is CN(C)c1ncc(-c2ccc(F)cc2)c(C2CCCCN2S(=O)(=O)c2cn(C)cn2)n1. The minimum Gasteiger partial charge on any atom is -0.347 e. The molecule has 1 aliphatic heterocycles. The van der Waals surface area contributed by atoms with E-state index >= 15 is 0 Å². The Balaban J connectivity index is 1.85. The minimum absolute atomic E-state index is 0.0205. The molecule has 3 aromatic rings. The molecule has 8 nitrogen and oxygen atoms in total. The van der Waals surface area contributed by atoms with E-state index in [0.29, 0.717) is 30.2 Å². The predicted octanol–water partition coefficient (Wildman–Crippen LogP) is 3.00. The van der Waals surface area contributed by atoms with Crippen LogP contribution in [-0.2, 0) is 17.1 Å². The largest absolute Gasteiger partial charge is 0.347 e. The van der Waals surface area contributed by atoms with Crippen LogP contribution in [0.4, 0.5) is 10.3 Å². The molecule has 3 heterocycles. The fourth-order valence-electron chi connectivity index (χ4n) is 3.81. The lowest BCUT2D eigenvalue weighted by molar-refractivity contribution is 0.251. The molecule has 4 rings (SSSR count). The lowest BCUT2D eigenvalue weighted by atomic mass is 9.95. The zero-order valence-electron chi connectivity index (χ0n) is 17.7. The number of anilines is 1. The number of benzene rings is 1. The molecular formula is C21H25FN6O2S. The molecule has 164 valence electrons. The number of imidazole rings is 1. The molecule has 1 unspecified atom stereocenters. The van der Waals surface area contributed by atoms with Crippen LogP contribution < -0.4 is 4.90 Å². The number of piperidine rings is 1. The summed E-state index contributed by atoms with van der Waals surface area (Å²) in [5.41, 5.74) is 2.05. The van der Waals surface area contributed by atoms with Gasteiger partial charge in [0, 0.05) is 45.6 Å². The zero-order valence-corrected chi connectivity index (χ0v) is 18.5. The van der Waals surface area contributed by atoms with Crippen molar-refractivity contribution in [1.29, 1.82) is 0 Å². The third kappa shape index (κ3) is 4.17. The number of halogens is 1. The Labute approximate surface area is 181 Å². The highest BCUT2D eigenvalue weighted by Gasteiger charge is 2.38. The second-order valence-corrected chi connectivity index (χ2v) is 9.71. The molecule has 0 saturated carbocycles. The molecule has 31 heavy (non-hydrogen) atoms. The average molecular weight is 445 g/mol. The van der Waals surface area contributed by atoms with Crippen molar-refractivity contribution >= 4 is 16.0 Å². The Morgan fingerprint density at radius 1 is 1.13 bits per heavy atom. The summed E-state index contributed by atoms with van der Waals surface area (Å²) in [6, 6.07) is 5.60. The van der Waals surface area contributed by atoms with Crippen LogP contribution in [0.2, 0.25) is 0 Å². The first-order valence-electron chi connectivity index (χ1n) is 10.1. The van der Waals surface area contributed by atoms with Crippen molar-refractivity contribution in [2.75, 3.05) is 25.5 Å². The number of nitrogens with zero attached hydrogens (tertiary/aromatic N) is 6. The van der Waals surface area contributed by atoms with E-state index in [0.717, 1.165) is 18.4 Å². The Hall–Kier alpha value is -2.85. The molecule has 0 spiro atoms. The van der Waals surface area contributed by atoms with E-state index in [1.807, 2.05) is 14.1 Å². The fourth-order valence-corrected chi connectivity index (χ4v) is 5.44. The number of hydrogen-bond acceptors (Lipinski definition) is 6. The van der Waals surface area contributed by atoms with Crippen LogP contribution in [0.1, 0.15) is 31.0 Å². The Morgan fingerprint density at radius 3 is 2.52 bits per heavy atom. The summed E-state index contributed by atoms with van der Waals surface area (Å²) >= 11 is 0. The molecule has 0 radical (unpaired) electrons. The average Bonchev–Trinajstić information content (AvgIpc) is 3.21. The standard InChI is InChI=1S/C21H25FN6O2S/c1-26(2)21-23-12-17(15-7-9-16(22)10-8-15)20(25-21)18-6-4-5-11-28(18)31(29,30)19-13-27(3)14-24-19/h7-10,12-14,18H,4-6,11H2,1-3H3. The van der Waals surface area contributed by atoms with E-state index in [2.05, 4.69) is 9.97 Å². The van der Waals surface area contributed by atoms with E-state index in [-0.39, 0.29) is 10.8 Å². The van der Waals surface area contributed by atoms with Crippen molar-refractivity contribution in [1.82, 2.24) is 23.8 Å². The van der Waals surface area contributed by atoms with Crippen molar-refractivity contribution in [3.8, 4) is 11.1 Å². The van der Waals surface area contributed by atoms with Gasteiger partial charge in [0.1, 0.15) is 5.82 Å². The van der Waals surface area contributed by atoms with Crippen LogP contribution in [0, 0.1) is 5.82 Å². The van der Waals surface area contributed by atoms with Gasteiger partial charge < -0.3 is 9.47 Å². The highest BCUT2D eigenvalue weighted by Crippen LogP contribution is 2.39. The van der Waals surface area contributed by atoms with Gasteiger partial charge in [-0.3, -0.25) is 0 Å². The molecule has 2 aromatic heterocycles. The van der Waals surface area contributed by atoms with Crippen LogP contribution in [-0.4, -0.2) is 52.9 Å². The highest BCUT2D eigenvalue weighted by molar-refractivity contribution is 7.89. The molecule has 0 amide bonds. The van der Waals surface area contributed by atoms with Gasteiger partial charge in [0.2, 0.25) is 5.95 Å². The Bertz CT molecular complexity index is 1180. The van der Waals surface area contributed by atoms with Crippen LogP contribution in [0.25, 0.3) is 11.1 Å². The molecule has 0 bridgehead atoms. The summed E-state index contributed by atoms with van der Waals surface area (Å²) < 4.78 is 43.5. The number of hydrogen-bond donors (Lipinski definition) is 0. The van der Waals surface area contributed by atoms with Crippen molar-refractivity contribution in [3.63, 3.8) is 0 Å². The molecule has 0 N–H and O–H groups in total. The van der Waals surface area contributed by atoms with Gasteiger partial charge in [-0.15, -0.1) is 0 Å². The lowest BCUT2D eigenvalue weighted by Crippen LogP contribution is -2.39. The zero-order chi connectivity index (χ0) is 22.2. The van der Waals surface area contributed by atoms with Crippen molar-refractivity contribution in [2.24, 2.45) is 7.05 Å². The smallest absolute Gasteiger partial charge is 0.262 e. The molecule has 0 aliphatic carbocycles. The van der Waals surface area contributed by atoms with E-state index in [1.165, 1.54) is 29.0 Å². The van der Waals surface area contributed by atoms with E-state index in [4.69, 9.17) is 4.98 Å². The number of aromatic nitrogens is 4. The number of aryl methyl sites for hydroxylation is 1. The molecule has 1 aliphatic rings. The maximum atomic E-state index is 13.5. The Kier molecular flexibility index (Phi) is 5.76. The number of rotatable bonds is 5. The van der Waals surface area contributed by atoms with Gasteiger partial charge in [-0.25, -0.2) is 27.8 Å². The summed E-state index contributed by atoms with van der Waals surface area (Å²) in [6.07, 6.45) is 6.94. The third-order valence-corrected chi connectivity index (χ3v) is 7.18. The van der Waals surface area contributed by atoms with Gasteiger partial charge in [-0.05, 0) is 30.5 Å². The third-order valence-electron chi connectivity index (χ3n) is 5.38. The first kappa shape index (κ1) is 21.4. The Morgan fingerprint density at radius 2 is 1.87 bits per heavy atom. The second-order valence-electron chi connectivity index (χ2n) is 7.87. The van der Waals surface area contributed by atoms with Gasteiger partial charge >= 0.3 is 0 Å². The van der Waals surface area contributed by atoms with E-state index < -0.39 is 16.1 Å². The summed E-state index contributed by atoms with van der Waals surface area (Å²) in [7, 11) is 1.59. The maximum absolute atomic E-state index is 13.5. The van der Waals surface area contributed by atoms with Gasteiger partial charge in [0.25, 0.3) is 10.0 Å². The van der Waals surface area contributed by atoms with Crippen molar-refractivity contribution < 1.29 is 12.8 Å². The van der Waals surface area contributed by atoms with Gasteiger partial charge in [-0.2, -0.15) is 4.31 Å². The van der Waals surface area contributed by atoms with Crippen molar-refractivity contribution in [3.05, 3.63) is 54.5 Å². The fraction of sp³-hybridized carbons (Fsp3) is 0.381.